The van der Waals surface area contributed by atoms with Crippen LogP contribution in [0, 0.1) is 19.7 Å². The van der Waals surface area contributed by atoms with Crippen LogP contribution in [0.4, 0.5) is 4.39 Å². The van der Waals surface area contributed by atoms with Crippen LogP contribution in [0.3, 0.4) is 0 Å². The van der Waals surface area contributed by atoms with E-state index in [4.69, 9.17) is 0 Å². The monoisotopic (exact) mass is 420 g/mol. The zero-order chi connectivity index (χ0) is 22.0. The lowest BCUT2D eigenvalue weighted by molar-refractivity contribution is 0.0696. The summed E-state index contributed by atoms with van der Waals surface area (Å²) in [5, 5.41) is 7.57. The van der Waals surface area contributed by atoms with Crippen LogP contribution in [0.2, 0.25) is 0 Å². The highest BCUT2D eigenvalue weighted by atomic mass is 19.1. The van der Waals surface area contributed by atoms with Crippen molar-refractivity contribution in [3.05, 3.63) is 82.9 Å². The maximum Gasteiger partial charge on any atom is 0.257 e. The lowest BCUT2D eigenvalue weighted by Gasteiger charge is -2.32. The average molecular weight is 420 g/mol. The number of nitrogens with one attached hydrogen (secondary N) is 1. The highest BCUT2D eigenvalue weighted by Gasteiger charge is 2.28. The van der Waals surface area contributed by atoms with Gasteiger partial charge in [0.2, 0.25) is 0 Å². The number of rotatable bonds is 4. The fourth-order valence-corrected chi connectivity index (χ4v) is 4.03. The molecule has 0 bridgehead atoms. The molecule has 1 aliphatic rings. The van der Waals surface area contributed by atoms with Crippen LogP contribution in [-0.2, 0) is 0 Å². The molecular formula is C24H25FN4O2. The lowest BCUT2D eigenvalue weighted by Crippen LogP contribution is -2.46. The number of amides is 2. The maximum atomic E-state index is 13.2. The molecule has 7 heteroatoms. The van der Waals surface area contributed by atoms with Crippen LogP contribution >= 0.6 is 0 Å². The Morgan fingerprint density at radius 2 is 1.65 bits per heavy atom. The van der Waals surface area contributed by atoms with E-state index in [2.05, 4.69) is 10.4 Å². The molecule has 2 aromatic carbocycles. The van der Waals surface area contributed by atoms with Gasteiger partial charge >= 0.3 is 0 Å². The molecule has 1 aliphatic heterocycles. The summed E-state index contributed by atoms with van der Waals surface area (Å²) in [5.74, 6) is -0.461. The van der Waals surface area contributed by atoms with E-state index in [9.17, 15) is 14.0 Å². The van der Waals surface area contributed by atoms with Crippen LogP contribution in [0.1, 0.15) is 44.9 Å². The van der Waals surface area contributed by atoms with E-state index < -0.39 is 0 Å². The molecule has 0 saturated carbocycles. The number of halogens is 1. The SMILES string of the molecule is Cc1nn(-c2ccc(F)cc2)c(C)c1C(=O)N1CCC(NC(=O)c2ccccc2)CC1. The molecule has 1 saturated heterocycles. The Morgan fingerprint density at radius 1 is 1.00 bits per heavy atom. The Kier molecular flexibility index (Phi) is 5.84. The highest BCUT2D eigenvalue weighted by molar-refractivity contribution is 5.97. The zero-order valence-electron chi connectivity index (χ0n) is 17.6. The normalized spacial score (nSPS) is 14.5. The molecule has 1 aromatic heterocycles. The van der Waals surface area contributed by atoms with E-state index >= 15 is 0 Å². The number of hydrogen-bond acceptors (Lipinski definition) is 3. The summed E-state index contributed by atoms with van der Waals surface area (Å²) in [6.45, 7) is 4.80. The second-order valence-corrected chi connectivity index (χ2v) is 7.84. The summed E-state index contributed by atoms with van der Waals surface area (Å²) in [5.41, 5.74) is 3.31. The van der Waals surface area contributed by atoms with Crippen molar-refractivity contribution in [3.63, 3.8) is 0 Å². The van der Waals surface area contributed by atoms with E-state index in [0.29, 0.717) is 48.4 Å². The number of carbonyl (C=O) groups is 2. The highest BCUT2D eigenvalue weighted by Crippen LogP contribution is 2.22. The molecule has 4 rings (SSSR count). The Bertz CT molecular complexity index is 1080. The molecule has 0 radical (unpaired) electrons. The number of hydrogen-bond donors (Lipinski definition) is 1. The minimum Gasteiger partial charge on any atom is -0.349 e. The number of piperidine rings is 1. The van der Waals surface area contributed by atoms with Crippen molar-refractivity contribution < 1.29 is 14.0 Å². The van der Waals surface area contributed by atoms with Gasteiger partial charge in [-0.3, -0.25) is 9.59 Å². The van der Waals surface area contributed by atoms with Crippen LogP contribution in [0.25, 0.3) is 5.69 Å². The number of benzene rings is 2. The third-order valence-electron chi connectivity index (χ3n) is 5.73. The molecule has 0 spiro atoms. The van der Waals surface area contributed by atoms with Crippen LogP contribution in [0.5, 0.6) is 0 Å². The molecule has 1 N–H and O–H groups in total. The predicted octanol–water partition coefficient (Wildman–Crippen LogP) is 3.66. The summed E-state index contributed by atoms with van der Waals surface area (Å²) in [6, 6.07) is 15.2. The van der Waals surface area contributed by atoms with Crippen molar-refractivity contribution in [2.24, 2.45) is 0 Å². The van der Waals surface area contributed by atoms with Gasteiger partial charge in [-0.25, -0.2) is 9.07 Å². The molecule has 0 aliphatic carbocycles. The molecule has 2 heterocycles. The zero-order valence-corrected chi connectivity index (χ0v) is 17.6. The van der Waals surface area contributed by atoms with Crippen LogP contribution in [-0.4, -0.2) is 45.6 Å². The van der Waals surface area contributed by atoms with Gasteiger partial charge in [-0.2, -0.15) is 5.10 Å². The average Bonchev–Trinajstić information content (AvgIpc) is 3.08. The molecule has 3 aromatic rings. The van der Waals surface area contributed by atoms with Crippen LogP contribution in [0.15, 0.2) is 54.6 Å². The number of carbonyl (C=O) groups excluding carboxylic acids is 2. The standard InChI is InChI=1S/C24H25FN4O2/c1-16-22(17(2)29(27-16)21-10-8-19(25)9-11-21)24(31)28-14-12-20(13-15-28)26-23(30)18-6-4-3-5-7-18/h3-11,20H,12-15H2,1-2H3,(H,26,30). The second-order valence-electron chi connectivity index (χ2n) is 7.84. The van der Waals surface area contributed by atoms with Crippen LogP contribution < -0.4 is 5.32 Å². The van der Waals surface area contributed by atoms with Crippen molar-refractivity contribution >= 4 is 11.8 Å². The third-order valence-corrected chi connectivity index (χ3v) is 5.73. The lowest BCUT2D eigenvalue weighted by atomic mass is 10.0. The molecule has 160 valence electrons. The minimum absolute atomic E-state index is 0.0425. The summed E-state index contributed by atoms with van der Waals surface area (Å²) in [4.78, 5) is 27.4. The van der Waals surface area contributed by atoms with E-state index in [0.717, 1.165) is 5.69 Å². The van der Waals surface area contributed by atoms with Gasteiger partial charge in [-0.05, 0) is 63.1 Å². The topological polar surface area (TPSA) is 67.2 Å². The second kappa shape index (κ2) is 8.71. The molecule has 2 amide bonds. The van der Waals surface area contributed by atoms with Crippen molar-refractivity contribution in [3.8, 4) is 5.69 Å². The molecule has 0 unspecified atom stereocenters. The van der Waals surface area contributed by atoms with Gasteiger partial charge in [0.05, 0.1) is 22.6 Å². The summed E-state index contributed by atoms with van der Waals surface area (Å²) < 4.78 is 14.9. The first-order valence-electron chi connectivity index (χ1n) is 10.4. The molecule has 31 heavy (non-hydrogen) atoms. The fraction of sp³-hybridized carbons (Fsp3) is 0.292. The first kappa shape index (κ1) is 20.8. The van der Waals surface area contributed by atoms with E-state index in [1.807, 2.05) is 36.9 Å². The van der Waals surface area contributed by atoms with Crippen molar-refractivity contribution in [2.75, 3.05) is 13.1 Å². The Morgan fingerprint density at radius 3 is 2.29 bits per heavy atom. The van der Waals surface area contributed by atoms with Gasteiger partial charge in [0.25, 0.3) is 11.8 Å². The summed E-state index contributed by atoms with van der Waals surface area (Å²) in [6.07, 6.45) is 1.41. The van der Waals surface area contributed by atoms with E-state index in [-0.39, 0.29) is 23.7 Å². The number of aromatic nitrogens is 2. The Balaban J connectivity index is 1.42. The number of nitrogens with zero attached hydrogens (tertiary/aromatic N) is 3. The summed E-state index contributed by atoms with van der Waals surface area (Å²) in [7, 11) is 0. The molecule has 1 fully saturated rings. The van der Waals surface area contributed by atoms with Gasteiger partial charge < -0.3 is 10.2 Å². The Hall–Kier alpha value is -3.48. The largest absolute Gasteiger partial charge is 0.349 e. The summed E-state index contributed by atoms with van der Waals surface area (Å²) >= 11 is 0. The van der Waals surface area contributed by atoms with Gasteiger partial charge in [-0.15, -0.1) is 0 Å². The van der Waals surface area contributed by atoms with E-state index in [1.165, 1.54) is 12.1 Å². The van der Waals surface area contributed by atoms with Crippen molar-refractivity contribution in [2.45, 2.75) is 32.7 Å². The molecule has 0 atom stereocenters. The molecule has 6 nitrogen and oxygen atoms in total. The maximum absolute atomic E-state index is 13.2. The van der Waals surface area contributed by atoms with Gasteiger partial charge in [0.1, 0.15) is 5.82 Å². The van der Waals surface area contributed by atoms with Gasteiger partial charge in [0, 0.05) is 24.7 Å². The fourth-order valence-electron chi connectivity index (χ4n) is 4.03. The molecular weight excluding hydrogens is 395 g/mol. The number of likely N-dealkylation sites (tertiary alicyclic amines) is 1. The third kappa shape index (κ3) is 4.35. The van der Waals surface area contributed by atoms with Crippen molar-refractivity contribution in [1.29, 1.82) is 0 Å². The first-order chi connectivity index (χ1) is 14.9. The Labute approximate surface area is 180 Å². The van der Waals surface area contributed by atoms with Gasteiger partial charge in [-0.1, -0.05) is 18.2 Å². The van der Waals surface area contributed by atoms with Crippen molar-refractivity contribution in [1.82, 2.24) is 20.0 Å². The predicted molar refractivity (Wildman–Crippen MR) is 116 cm³/mol. The quantitative estimate of drug-likeness (QED) is 0.700. The van der Waals surface area contributed by atoms with E-state index in [1.54, 1.807) is 28.9 Å². The first-order valence-corrected chi connectivity index (χ1v) is 10.4. The van der Waals surface area contributed by atoms with Gasteiger partial charge in [0.15, 0.2) is 0 Å². The smallest absolute Gasteiger partial charge is 0.257 e. The minimum atomic E-state index is -0.316. The number of aryl methyl sites for hydroxylation is 1.